The first kappa shape index (κ1) is 12.1. The van der Waals surface area contributed by atoms with Crippen LogP contribution in [0.4, 0.5) is 0 Å². The zero-order chi connectivity index (χ0) is 12.4. The van der Waals surface area contributed by atoms with Gasteiger partial charge in [-0.15, -0.1) is 0 Å². The molecule has 0 amide bonds. The van der Waals surface area contributed by atoms with Gasteiger partial charge in [-0.25, -0.2) is 0 Å². The predicted octanol–water partition coefficient (Wildman–Crippen LogP) is 2.95. The number of hydrogen-bond donors (Lipinski definition) is 0. The van der Waals surface area contributed by atoms with E-state index in [1.54, 1.807) is 0 Å². The molecule has 0 aliphatic carbocycles. The molecular weight excluding hydrogens is 208 g/mol. The number of nitrogens with zero attached hydrogens (tertiary/aromatic N) is 2. The third-order valence-corrected chi connectivity index (χ3v) is 3.93. The molecule has 17 heavy (non-hydrogen) atoms. The van der Waals surface area contributed by atoms with Gasteiger partial charge in [-0.05, 0) is 42.0 Å². The highest BCUT2D eigenvalue weighted by Crippen LogP contribution is 2.24. The molecule has 0 bridgehead atoms. The van der Waals surface area contributed by atoms with Gasteiger partial charge in [-0.2, -0.15) is 5.26 Å². The van der Waals surface area contributed by atoms with Crippen LogP contribution >= 0.6 is 0 Å². The smallest absolute Gasteiger partial charge is 0.0991 e. The summed E-state index contributed by atoms with van der Waals surface area (Å²) in [4.78, 5) is 2.52. The van der Waals surface area contributed by atoms with Crippen molar-refractivity contribution < 1.29 is 0 Å². The molecular formula is C15H20N2. The zero-order valence-electron chi connectivity index (χ0n) is 10.9. The van der Waals surface area contributed by atoms with Gasteiger partial charge in [-0.1, -0.05) is 19.9 Å². The minimum absolute atomic E-state index is 0.759. The van der Waals surface area contributed by atoms with Gasteiger partial charge in [0.15, 0.2) is 0 Å². The molecule has 2 unspecified atom stereocenters. The molecule has 0 saturated carbocycles. The fraction of sp³-hybridized carbons (Fsp3) is 0.533. The molecule has 1 aromatic carbocycles. The molecule has 0 aromatic heterocycles. The number of benzene rings is 1. The van der Waals surface area contributed by atoms with Crippen LogP contribution in [0, 0.1) is 30.1 Å². The Hall–Kier alpha value is -1.33. The van der Waals surface area contributed by atoms with Crippen molar-refractivity contribution in [2.24, 2.45) is 11.8 Å². The summed E-state index contributed by atoms with van der Waals surface area (Å²) < 4.78 is 0. The molecule has 2 atom stereocenters. The first-order valence-electron chi connectivity index (χ1n) is 6.32. The van der Waals surface area contributed by atoms with E-state index < -0.39 is 0 Å². The Balaban J connectivity index is 2.07. The quantitative estimate of drug-likeness (QED) is 0.778. The average Bonchev–Trinajstić information content (AvgIpc) is 2.61. The van der Waals surface area contributed by atoms with E-state index in [1.165, 1.54) is 24.2 Å². The van der Waals surface area contributed by atoms with Crippen molar-refractivity contribution in [2.45, 2.75) is 27.3 Å². The van der Waals surface area contributed by atoms with Crippen molar-refractivity contribution in [3.8, 4) is 6.07 Å². The first-order valence-corrected chi connectivity index (χ1v) is 6.32. The maximum Gasteiger partial charge on any atom is 0.0991 e. The molecule has 1 fully saturated rings. The standard InChI is InChI=1S/C15H20N2/c1-11-6-14(7-16)4-5-15(11)10-17-8-12(2)13(3)9-17/h4-6,12-13H,8-10H2,1-3H3. The van der Waals surface area contributed by atoms with Crippen LogP contribution in [0.25, 0.3) is 0 Å². The van der Waals surface area contributed by atoms with Gasteiger partial charge in [0.1, 0.15) is 0 Å². The molecule has 1 aromatic rings. The van der Waals surface area contributed by atoms with Gasteiger partial charge in [0.2, 0.25) is 0 Å². The molecule has 0 radical (unpaired) electrons. The van der Waals surface area contributed by atoms with E-state index >= 15 is 0 Å². The third-order valence-electron chi connectivity index (χ3n) is 3.93. The van der Waals surface area contributed by atoms with E-state index in [4.69, 9.17) is 5.26 Å². The Morgan fingerprint density at radius 2 is 1.94 bits per heavy atom. The third kappa shape index (κ3) is 2.68. The second-order valence-corrected chi connectivity index (χ2v) is 5.40. The second-order valence-electron chi connectivity index (χ2n) is 5.40. The average molecular weight is 228 g/mol. The van der Waals surface area contributed by atoms with E-state index in [0.29, 0.717) is 0 Å². The molecule has 1 aliphatic rings. The van der Waals surface area contributed by atoms with Crippen LogP contribution in [0.3, 0.4) is 0 Å². The van der Waals surface area contributed by atoms with E-state index in [0.717, 1.165) is 23.9 Å². The van der Waals surface area contributed by atoms with Crippen molar-refractivity contribution in [3.63, 3.8) is 0 Å². The van der Waals surface area contributed by atoms with Gasteiger partial charge in [-0.3, -0.25) is 4.90 Å². The largest absolute Gasteiger partial charge is 0.299 e. The Bertz CT molecular complexity index is 435. The number of nitriles is 1. The minimum atomic E-state index is 0.759. The summed E-state index contributed by atoms with van der Waals surface area (Å²) in [5.74, 6) is 1.60. The Kier molecular flexibility index (Phi) is 3.49. The van der Waals surface area contributed by atoms with E-state index in [2.05, 4.69) is 37.8 Å². The van der Waals surface area contributed by atoms with E-state index in [-0.39, 0.29) is 0 Å². The molecule has 1 aliphatic heterocycles. The SMILES string of the molecule is Cc1cc(C#N)ccc1CN1CC(C)C(C)C1. The van der Waals surface area contributed by atoms with Gasteiger partial charge >= 0.3 is 0 Å². The van der Waals surface area contributed by atoms with E-state index in [9.17, 15) is 0 Å². The lowest BCUT2D eigenvalue weighted by atomic mass is 10.0. The van der Waals surface area contributed by atoms with Crippen molar-refractivity contribution in [2.75, 3.05) is 13.1 Å². The summed E-state index contributed by atoms with van der Waals surface area (Å²) in [5.41, 5.74) is 3.34. The van der Waals surface area contributed by atoms with E-state index in [1.807, 2.05) is 12.1 Å². The Labute approximate surface area is 104 Å². The maximum absolute atomic E-state index is 8.85. The number of likely N-dealkylation sites (tertiary alicyclic amines) is 1. The summed E-state index contributed by atoms with van der Waals surface area (Å²) in [6.07, 6.45) is 0. The van der Waals surface area contributed by atoms with Crippen molar-refractivity contribution in [1.29, 1.82) is 5.26 Å². The lowest BCUT2D eigenvalue weighted by molar-refractivity contribution is 0.315. The minimum Gasteiger partial charge on any atom is -0.299 e. The fourth-order valence-electron chi connectivity index (χ4n) is 2.56. The van der Waals surface area contributed by atoms with Crippen LogP contribution in [0.15, 0.2) is 18.2 Å². The maximum atomic E-state index is 8.85. The lowest BCUT2D eigenvalue weighted by Crippen LogP contribution is -2.20. The summed E-state index contributed by atoms with van der Waals surface area (Å²) >= 11 is 0. The molecule has 2 rings (SSSR count). The normalized spacial score (nSPS) is 24.8. The highest BCUT2D eigenvalue weighted by molar-refractivity contribution is 5.37. The number of hydrogen-bond acceptors (Lipinski definition) is 2. The van der Waals surface area contributed by atoms with Crippen LogP contribution in [0.2, 0.25) is 0 Å². The highest BCUT2D eigenvalue weighted by atomic mass is 15.1. The van der Waals surface area contributed by atoms with Crippen molar-refractivity contribution >= 4 is 0 Å². The highest BCUT2D eigenvalue weighted by Gasteiger charge is 2.25. The fourth-order valence-corrected chi connectivity index (χ4v) is 2.56. The number of aryl methyl sites for hydroxylation is 1. The molecule has 90 valence electrons. The molecule has 2 nitrogen and oxygen atoms in total. The van der Waals surface area contributed by atoms with Gasteiger partial charge < -0.3 is 0 Å². The van der Waals surface area contributed by atoms with Gasteiger partial charge in [0.25, 0.3) is 0 Å². The molecule has 0 N–H and O–H groups in total. The lowest BCUT2D eigenvalue weighted by Gasteiger charge is -2.17. The first-order chi connectivity index (χ1) is 8.10. The Morgan fingerprint density at radius 1 is 1.29 bits per heavy atom. The molecule has 1 saturated heterocycles. The Morgan fingerprint density at radius 3 is 2.47 bits per heavy atom. The zero-order valence-corrected chi connectivity index (χ0v) is 10.9. The van der Waals surface area contributed by atoms with Crippen LogP contribution in [-0.2, 0) is 6.54 Å². The summed E-state index contributed by atoms with van der Waals surface area (Å²) in [7, 11) is 0. The summed E-state index contributed by atoms with van der Waals surface area (Å²) in [6.45, 7) is 10.2. The van der Waals surface area contributed by atoms with Crippen LogP contribution in [0.5, 0.6) is 0 Å². The topological polar surface area (TPSA) is 27.0 Å². The second kappa shape index (κ2) is 4.89. The number of rotatable bonds is 2. The van der Waals surface area contributed by atoms with Crippen molar-refractivity contribution in [1.82, 2.24) is 4.90 Å². The monoisotopic (exact) mass is 228 g/mol. The van der Waals surface area contributed by atoms with Gasteiger partial charge in [0.05, 0.1) is 11.6 Å². The summed E-state index contributed by atoms with van der Waals surface area (Å²) in [6, 6.07) is 8.19. The molecule has 0 spiro atoms. The molecule has 2 heteroatoms. The van der Waals surface area contributed by atoms with Crippen LogP contribution in [0.1, 0.15) is 30.5 Å². The van der Waals surface area contributed by atoms with Crippen LogP contribution < -0.4 is 0 Å². The van der Waals surface area contributed by atoms with Crippen LogP contribution in [-0.4, -0.2) is 18.0 Å². The summed E-state index contributed by atoms with van der Waals surface area (Å²) in [5, 5.41) is 8.85. The van der Waals surface area contributed by atoms with Crippen molar-refractivity contribution in [3.05, 3.63) is 34.9 Å². The predicted molar refractivity (Wildman–Crippen MR) is 69.5 cm³/mol. The molecule has 1 heterocycles. The van der Waals surface area contributed by atoms with Gasteiger partial charge in [0, 0.05) is 19.6 Å².